The lowest BCUT2D eigenvalue weighted by atomic mass is 10.1. The van der Waals surface area contributed by atoms with Crippen molar-refractivity contribution in [1.82, 2.24) is 10.2 Å². The molecule has 2 heterocycles. The summed E-state index contributed by atoms with van der Waals surface area (Å²) in [6, 6.07) is 7.60. The lowest BCUT2D eigenvalue weighted by Gasteiger charge is -2.18. The first-order valence-electron chi connectivity index (χ1n) is 8.18. The number of ether oxygens (including phenoxy) is 1. The smallest absolute Gasteiger partial charge is 0.316 e. The van der Waals surface area contributed by atoms with E-state index in [0.717, 1.165) is 11.3 Å². The zero-order valence-corrected chi connectivity index (χ0v) is 16.4. The molecule has 1 fully saturated rings. The quantitative estimate of drug-likeness (QED) is 0.445. The van der Waals surface area contributed by atoms with Gasteiger partial charge in [0.25, 0.3) is 0 Å². The van der Waals surface area contributed by atoms with Crippen molar-refractivity contribution in [2.24, 2.45) is 5.92 Å². The van der Waals surface area contributed by atoms with Crippen molar-refractivity contribution < 1.29 is 19.1 Å². The second-order valence-corrected chi connectivity index (χ2v) is 8.12. The third kappa shape index (κ3) is 4.64. The monoisotopic (exact) mass is 406 g/mol. The van der Waals surface area contributed by atoms with Crippen LogP contribution in [-0.2, 0) is 19.1 Å². The molecule has 3 rings (SSSR count). The highest BCUT2D eigenvalue weighted by Gasteiger charge is 2.36. The van der Waals surface area contributed by atoms with Gasteiger partial charge >= 0.3 is 5.97 Å². The van der Waals surface area contributed by atoms with Gasteiger partial charge in [0, 0.05) is 18.7 Å². The van der Waals surface area contributed by atoms with Gasteiger partial charge < -0.3 is 15.0 Å². The molecule has 2 amide bonds. The van der Waals surface area contributed by atoms with E-state index in [4.69, 9.17) is 0 Å². The molecule has 0 radical (unpaired) electrons. The Morgan fingerprint density at radius 2 is 2.15 bits per heavy atom. The number of carbonyl (C=O) groups excluding carboxylic acids is 3. The van der Waals surface area contributed by atoms with Crippen LogP contribution in [0.5, 0.6) is 0 Å². The topological polar surface area (TPSA) is 101 Å². The molecular formula is C17H18N4O4S2. The molecule has 1 saturated heterocycles. The number of methoxy groups -OCH3 is 1. The number of aromatic nitrogens is 2. The van der Waals surface area contributed by atoms with Crippen LogP contribution in [0.3, 0.4) is 0 Å². The lowest BCUT2D eigenvalue weighted by molar-refractivity contribution is -0.137. The minimum atomic E-state index is -0.452. The van der Waals surface area contributed by atoms with Crippen LogP contribution in [0.2, 0.25) is 0 Å². The third-order valence-electron chi connectivity index (χ3n) is 4.08. The Kier molecular flexibility index (Phi) is 6.07. The van der Waals surface area contributed by atoms with Gasteiger partial charge in [-0.25, -0.2) is 0 Å². The molecule has 0 spiro atoms. The van der Waals surface area contributed by atoms with Crippen molar-refractivity contribution in [3.63, 3.8) is 0 Å². The number of nitrogens with one attached hydrogen (secondary N) is 1. The summed E-state index contributed by atoms with van der Waals surface area (Å²) in [7, 11) is 1.32. The minimum absolute atomic E-state index is 0.0731. The van der Waals surface area contributed by atoms with Crippen LogP contribution in [0, 0.1) is 12.8 Å². The number of anilines is 2. The number of hydrogen-bond acceptors (Lipinski definition) is 8. The number of amides is 2. The Balaban J connectivity index is 1.59. The van der Waals surface area contributed by atoms with E-state index in [2.05, 4.69) is 20.3 Å². The van der Waals surface area contributed by atoms with E-state index in [-0.39, 0.29) is 30.0 Å². The molecule has 0 saturated carbocycles. The first-order chi connectivity index (χ1) is 13.0. The number of hydrogen-bond donors (Lipinski definition) is 1. The fourth-order valence-electron chi connectivity index (χ4n) is 2.69. The highest BCUT2D eigenvalue weighted by molar-refractivity contribution is 8.01. The Labute approximate surface area is 164 Å². The Morgan fingerprint density at radius 3 is 2.89 bits per heavy atom. The Bertz CT molecular complexity index is 870. The van der Waals surface area contributed by atoms with Gasteiger partial charge in [0.15, 0.2) is 4.34 Å². The molecule has 1 aliphatic heterocycles. The molecule has 1 N–H and O–H groups in total. The second-order valence-electron chi connectivity index (χ2n) is 5.92. The molecule has 8 nitrogen and oxygen atoms in total. The molecule has 142 valence electrons. The Hall–Kier alpha value is -2.46. The molecule has 10 heteroatoms. The summed E-state index contributed by atoms with van der Waals surface area (Å²) in [5, 5.41) is 10.9. The van der Waals surface area contributed by atoms with Gasteiger partial charge in [0.2, 0.25) is 16.9 Å². The Morgan fingerprint density at radius 1 is 1.37 bits per heavy atom. The maximum atomic E-state index is 12.5. The standard InChI is InChI=1S/C17H18N4O4S2/c1-10-5-3-4-6-12(10)21-8-11(7-13(21)22)15(24)18-16-19-20-17(27-16)26-9-14(23)25-2/h3-6,11H,7-9H2,1-2H3,(H,18,19,24)/t11-/m1/s1. The van der Waals surface area contributed by atoms with Crippen molar-refractivity contribution in [3.05, 3.63) is 29.8 Å². The number of benzene rings is 1. The third-order valence-corrected chi connectivity index (χ3v) is 6.03. The first kappa shape index (κ1) is 19.3. The zero-order chi connectivity index (χ0) is 19.4. The van der Waals surface area contributed by atoms with Gasteiger partial charge in [-0.2, -0.15) is 0 Å². The van der Waals surface area contributed by atoms with E-state index in [1.54, 1.807) is 4.90 Å². The van der Waals surface area contributed by atoms with Crippen LogP contribution in [0.4, 0.5) is 10.8 Å². The fourth-order valence-corrected chi connectivity index (χ4v) is 4.28. The molecule has 0 bridgehead atoms. The molecule has 0 aliphatic carbocycles. The maximum Gasteiger partial charge on any atom is 0.316 e. The van der Waals surface area contributed by atoms with E-state index in [0.29, 0.717) is 16.0 Å². The molecule has 2 aromatic rings. The van der Waals surface area contributed by atoms with Crippen LogP contribution in [0.1, 0.15) is 12.0 Å². The van der Waals surface area contributed by atoms with Crippen LogP contribution in [0.25, 0.3) is 0 Å². The van der Waals surface area contributed by atoms with Crippen molar-refractivity contribution in [1.29, 1.82) is 0 Å². The number of para-hydroxylation sites is 1. The molecule has 0 unspecified atom stereocenters. The average Bonchev–Trinajstić information content (AvgIpc) is 3.26. The number of esters is 1. The SMILES string of the molecule is COC(=O)CSc1nnc(NC(=O)[C@@H]2CC(=O)N(c3ccccc3C)C2)s1. The highest BCUT2D eigenvalue weighted by Crippen LogP contribution is 2.30. The summed E-state index contributed by atoms with van der Waals surface area (Å²) in [4.78, 5) is 37.7. The van der Waals surface area contributed by atoms with E-state index >= 15 is 0 Å². The number of nitrogens with zero attached hydrogens (tertiary/aromatic N) is 3. The van der Waals surface area contributed by atoms with Crippen molar-refractivity contribution in [2.75, 3.05) is 29.6 Å². The number of rotatable bonds is 6. The molecule has 1 aromatic carbocycles. The molecule has 1 aromatic heterocycles. The number of aryl methyl sites for hydroxylation is 1. The number of thioether (sulfide) groups is 1. The highest BCUT2D eigenvalue weighted by atomic mass is 32.2. The zero-order valence-electron chi connectivity index (χ0n) is 14.8. The van der Waals surface area contributed by atoms with E-state index < -0.39 is 5.92 Å². The van der Waals surface area contributed by atoms with Gasteiger partial charge in [0.05, 0.1) is 18.8 Å². The van der Waals surface area contributed by atoms with Gasteiger partial charge in [0.1, 0.15) is 0 Å². The summed E-state index contributed by atoms with van der Waals surface area (Å²) in [5.41, 5.74) is 1.82. The summed E-state index contributed by atoms with van der Waals surface area (Å²) in [6.07, 6.45) is 0.156. The first-order valence-corrected chi connectivity index (χ1v) is 9.98. The predicted octanol–water partition coefficient (Wildman–Crippen LogP) is 2.10. The van der Waals surface area contributed by atoms with Crippen molar-refractivity contribution in [2.45, 2.75) is 17.7 Å². The van der Waals surface area contributed by atoms with Gasteiger partial charge in [-0.15, -0.1) is 10.2 Å². The van der Waals surface area contributed by atoms with Gasteiger partial charge in [-0.3, -0.25) is 14.4 Å². The van der Waals surface area contributed by atoms with E-state index in [1.807, 2.05) is 31.2 Å². The predicted molar refractivity (Wildman–Crippen MR) is 103 cm³/mol. The second kappa shape index (κ2) is 8.49. The summed E-state index contributed by atoms with van der Waals surface area (Å²) >= 11 is 2.37. The van der Waals surface area contributed by atoms with E-state index in [9.17, 15) is 14.4 Å². The molecule has 27 heavy (non-hydrogen) atoms. The normalized spacial score (nSPS) is 16.4. The van der Waals surface area contributed by atoms with Gasteiger partial charge in [-0.1, -0.05) is 41.3 Å². The molecular weight excluding hydrogens is 388 g/mol. The van der Waals surface area contributed by atoms with Crippen LogP contribution >= 0.6 is 23.1 Å². The molecule has 1 aliphatic rings. The van der Waals surface area contributed by atoms with Crippen LogP contribution in [-0.4, -0.2) is 47.4 Å². The van der Waals surface area contributed by atoms with Crippen molar-refractivity contribution >= 4 is 51.7 Å². The lowest BCUT2D eigenvalue weighted by Crippen LogP contribution is -2.28. The average molecular weight is 406 g/mol. The van der Waals surface area contributed by atoms with Gasteiger partial charge in [-0.05, 0) is 18.6 Å². The number of carbonyl (C=O) groups is 3. The fraction of sp³-hybridized carbons (Fsp3) is 0.353. The minimum Gasteiger partial charge on any atom is -0.468 e. The van der Waals surface area contributed by atoms with Crippen LogP contribution in [0.15, 0.2) is 28.6 Å². The summed E-state index contributed by atoms with van der Waals surface area (Å²) < 4.78 is 5.12. The molecule has 1 atom stereocenters. The largest absolute Gasteiger partial charge is 0.468 e. The maximum absolute atomic E-state index is 12.5. The van der Waals surface area contributed by atoms with Crippen LogP contribution < -0.4 is 10.2 Å². The summed E-state index contributed by atoms with van der Waals surface area (Å²) in [6.45, 7) is 2.27. The van der Waals surface area contributed by atoms with E-state index in [1.165, 1.54) is 30.2 Å². The van der Waals surface area contributed by atoms with Crippen molar-refractivity contribution in [3.8, 4) is 0 Å². The summed E-state index contributed by atoms with van der Waals surface area (Å²) in [5.74, 6) is -1.02.